The smallest absolute Gasteiger partial charge is 0.208 e. The predicted molar refractivity (Wildman–Crippen MR) is 79.4 cm³/mol. The minimum atomic E-state index is -3.30. The topological polar surface area (TPSA) is 37.4 Å². The van der Waals surface area contributed by atoms with Crippen molar-refractivity contribution in [3.05, 3.63) is 40.3 Å². The standard InChI is InChI=1S/C14H18ClNO2S/c1-12-6-9-16(10-7-12)19(17,18)11-8-13-2-4-14(15)5-3-13/h2-5,8,11-12H,6-7,9-10H2,1H3/b11-8+. The molecule has 1 heterocycles. The molecule has 0 saturated carbocycles. The fraction of sp³-hybridized carbons (Fsp3) is 0.429. The van der Waals surface area contributed by atoms with Crippen LogP contribution in [0.25, 0.3) is 6.08 Å². The third kappa shape index (κ3) is 4.06. The first-order valence-corrected chi connectivity index (χ1v) is 8.29. The van der Waals surface area contributed by atoms with Crippen molar-refractivity contribution in [2.24, 2.45) is 5.92 Å². The third-order valence-corrected chi connectivity index (χ3v) is 5.22. The normalized spacial score (nSPS) is 19.1. The van der Waals surface area contributed by atoms with Crippen molar-refractivity contribution >= 4 is 27.7 Å². The van der Waals surface area contributed by atoms with E-state index in [-0.39, 0.29) is 0 Å². The molecule has 1 aromatic rings. The molecule has 0 aromatic heterocycles. The highest BCUT2D eigenvalue weighted by molar-refractivity contribution is 7.92. The number of benzene rings is 1. The Hall–Kier alpha value is -0.840. The highest BCUT2D eigenvalue weighted by Gasteiger charge is 2.24. The van der Waals surface area contributed by atoms with Gasteiger partial charge in [-0.15, -0.1) is 0 Å². The first-order valence-electron chi connectivity index (χ1n) is 6.41. The number of hydrogen-bond donors (Lipinski definition) is 0. The maximum absolute atomic E-state index is 12.1. The number of hydrogen-bond acceptors (Lipinski definition) is 2. The van der Waals surface area contributed by atoms with Gasteiger partial charge in [0.25, 0.3) is 0 Å². The van der Waals surface area contributed by atoms with Gasteiger partial charge >= 0.3 is 0 Å². The van der Waals surface area contributed by atoms with Crippen LogP contribution >= 0.6 is 11.6 Å². The second kappa shape index (κ2) is 6.07. The van der Waals surface area contributed by atoms with Crippen LogP contribution in [0.4, 0.5) is 0 Å². The molecule has 0 N–H and O–H groups in total. The zero-order valence-electron chi connectivity index (χ0n) is 10.9. The van der Waals surface area contributed by atoms with Crippen molar-refractivity contribution in [2.45, 2.75) is 19.8 Å². The molecular formula is C14H18ClNO2S. The molecule has 1 aliphatic heterocycles. The number of halogens is 1. The van der Waals surface area contributed by atoms with Gasteiger partial charge in [0.05, 0.1) is 0 Å². The van der Waals surface area contributed by atoms with Gasteiger partial charge in [-0.05, 0) is 42.5 Å². The Labute approximate surface area is 119 Å². The van der Waals surface area contributed by atoms with Gasteiger partial charge in [-0.2, -0.15) is 4.31 Å². The van der Waals surface area contributed by atoms with E-state index in [4.69, 9.17) is 11.6 Å². The monoisotopic (exact) mass is 299 g/mol. The molecule has 0 bridgehead atoms. The molecule has 2 rings (SSSR count). The quantitative estimate of drug-likeness (QED) is 0.858. The van der Waals surface area contributed by atoms with Gasteiger partial charge in [0.2, 0.25) is 10.0 Å². The lowest BCUT2D eigenvalue weighted by molar-refractivity contribution is 0.290. The zero-order valence-corrected chi connectivity index (χ0v) is 12.5. The van der Waals surface area contributed by atoms with Crippen LogP contribution in [0.15, 0.2) is 29.7 Å². The molecule has 0 amide bonds. The van der Waals surface area contributed by atoms with E-state index in [1.807, 2.05) is 0 Å². The Morgan fingerprint density at radius 2 is 1.79 bits per heavy atom. The summed E-state index contributed by atoms with van der Waals surface area (Å²) in [5, 5.41) is 1.93. The Morgan fingerprint density at radius 1 is 1.21 bits per heavy atom. The van der Waals surface area contributed by atoms with Crippen molar-refractivity contribution in [3.8, 4) is 0 Å². The molecule has 0 aliphatic carbocycles. The SMILES string of the molecule is CC1CCN(S(=O)(=O)/C=C/c2ccc(Cl)cc2)CC1. The van der Waals surface area contributed by atoms with Crippen molar-refractivity contribution in [2.75, 3.05) is 13.1 Å². The predicted octanol–water partition coefficient (Wildman–Crippen LogP) is 3.37. The van der Waals surface area contributed by atoms with Gasteiger partial charge in [0, 0.05) is 23.5 Å². The lowest BCUT2D eigenvalue weighted by Crippen LogP contribution is -2.36. The van der Waals surface area contributed by atoms with Crippen LogP contribution in [0.2, 0.25) is 5.02 Å². The molecule has 104 valence electrons. The number of sulfonamides is 1. The molecule has 1 aromatic carbocycles. The summed E-state index contributed by atoms with van der Waals surface area (Å²) in [6.07, 6.45) is 3.49. The molecule has 0 radical (unpaired) electrons. The summed E-state index contributed by atoms with van der Waals surface area (Å²) in [5.41, 5.74) is 0.832. The highest BCUT2D eigenvalue weighted by atomic mass is 35.5. The number of nitrogens with zero attached hydrogens (tertiary/aromatic N) is 1. The molecule has 0 unspecified atom stereocenters. The molecule has 1 saturated heterocycles. The van der Waals surface area contributed by atoms with Crippen LogP contribution in [0.1, 0.15) is 25.3 Å². The van der Waals surface area contributed by atoms with Crippen molar-refractivity contribution in [1.29, 1.82) is 0 Å². The van der Waals surface area contributed by atoms with Crippen molar-refractivity contribution in [3.63, 3.8) is 0 Å². The molecule has 3 nitrogen and oxygen atoms in total. The summed E-state index contributed by atoms with van der Waals surface area (Å²) in [5.74, 6) is 0.617. The van der Waals surface area contributed by atoms with Crippen molar-refractivity contribution in [1.82, 2.24) is 4.31 Å². The van der Waals surface area contributed by atoms with Gasteiger partial charge in [-0.1, -0.05) is 30.7 Å². The van der Waals surface area contributed by atoms with E-state index in [2.05, 4.69) is 6.92 Å². The molecule has 5 heteroatoms. The first-order chi connectivity index (χ1) is 8.97. The van der Waals surface area contributed by atoms with Crippen LogP contribution in [-0.2, 0) is 10.0 Å². The second-order valence-electron chi connectivity index (χ2n) is 4.98. The van der Waals surface area contributed by atoms with Gasteiger partial charge in [-0.3, -0.25) is 0 Å². The summed E-state index contributed by atoms with van der Waals surface area (Å²) in [6.45, 7) is 3.40. The number of piperidine rings is 1. The summed E-state index contributed by atoms with van der Waals surface area (Å²) >= 11 is 5.79. The summed E-state index contributed by atoms with van der Waals surface area (Å²) < 4.78 is 25.8. The molecule has 0 spiro atoms. The molecule has 1 fully saturated rings. The zero-order chi connectivity index (χ0) is 13.9. The van der Waals surface area contributed by atoms with Crippen LogP contribution in [0.5, 0.6) is 0 Å². The molecular weight excluding hydrogens is 282 g/mol. The fourth-order valence-corrected chi connectivity index (χ4v) is 3.41. The van der Waals surface area contributed by atoms with Crippen molar-refractivity contribution < 1.29 is 8.42 Å². The maximum Gasteiger partial charge on any atom is 0.236 e. The van der Waals surface area contributed by atoms with Gasteiger partial charge in [0.15, 0.2) is 0 Å². The van der Waals surface area contributed by atoms with E-state index in [9.17, 15) is 8.42 Å². The van der Waals surface area contributed by atoms with E-state index < -0.39 is 10.0 Å². The summed E-state index contributed by atoms with van der Waals surface area (Å²) in [7, 11) is -3.30. The first kappa shape index (κ1) is 14.6. The van der Waals surface area contributed by atoms with E-state index >= 15 is 0 Å². The third-order valence-electron chi connectivity index (χ3n) is 3.40. The lowest BCUT2D eigenvalue weighted by atomic mass is 10.0. The Kier molecular flexibility index (Phi) is 4.66. The summed E-state index contributed by atoms with van der Waals surface area (Å²) in [6, 6.07) is 7.09. The minimum Gasteiger partial charge on any atom is -0.208 e. The molecule has 0 atom stereocenters. The highest BCUT2D eigenvalue weighted by Crippen LogP contribution is 2.20. The van der Waals surface area contributed by atoms with E-state index in [1.54, 1.807) is 34.6 Å². The average molecular weight is 300 g/mol. The molecule has 19 heavy (non-hydrogen) atoms. The Balaban J connectivity index is 2.06. The van der Waals surface area contributed by atoms with Crippen LogP contribution in [0, 0.1) is 5.92 Å². The van der Waals surface area contributed by atoms with Gasteiger partial charge in [-0.25, -0.2) is 8.42 Å². The van der Waals surface area contributed by atoms with E-state index in [0.717, 1.165) is 18.4 Å². The van der Waals surface area contributed by atoms with Crippen LogP contribution in [-0.4, -0.2) is 25.8 Å². The fourth-order valence-electron chi connectivity index (χ4n) is 2.06. The summed E-state index contributed by atoms with van der Waals surface area (Å²) in [4.78, 5) is 0. The lowest BCUT2D eigenvalue weighted by Gasteiger charge is -2.28. The van der Waals surface area contributed by atoms with Gasteiger partial charge < -0.3 is 0 Å². The Bertz CT molecular complexity index is 543. The largest absolute Gasteiger partial charge is 0.236 e. The van der Waals surface area contributed by atoms with Crippen LogP contribution < -0.4 is 0 Å². The van der Waals surface area contributed by atoms with E-state index in [0.29, 0.717) is 24.0 Å². The van der Waals surface area contributed by atoms with Crippen LogP contribution in [0.3, 0.4) is 0 Å². The number of rotatable bonds is 3. The minimum absolute atomic E-state index is 0.617. The molecule has 1 aliphatic rings. The maximum atomic E-state index is 12.1. The second-order valence-corrected chi connectivity index (χ2v) is 7.24. The van der Waals surface area contributed by atoms with Gasteiger partial charge in [0.1, 0.15) is 0 Å². The Morgan fingerprint density at radius 3 is 2.37 bits per heavy atom. The average Bonchev–Trinajstić information content (AvgIpc) is 2.39. The van der Waals surface area contributed by atoms with E-state index in [1.165, 1.54) is 5.41 Å².